The monoisotopic (exact) mass is 404 g/mol. The van der Waals surface area contributed by atoms with E-state index in [0.717, 1.165) is 0 Å². The van der Waals surface area contributed by atoms with Crippen LogP contribution in [0.5, 0.6) is 23.0 Å². The molecule has 0 heterocycles. The molecule has 1 N–H and O–H groups in total. The highest BCUT2D eigenvalue weighted by atomic mass is 19.3. The second-order valence-corrected chi connectivity index (χ2v) is 5.48. The van der Waals surface area contributed by atoms with Gasteiger partial charge in [-0.2, -0.15) is 14.0 Å². The van der Waals surface area contributed by atoms with Gasteiger partial charge in [0.15, 0.2) is 23.0 Å². The fourth-order valence-electron chi connectivity index (χ4n) is 2.39. The number of nitrogens with zero attached hydrogens (tertiary/aromatic N) is 1. The van der Waals surface area contributed by atoms with Gasteiger partial charge in [0.25, 0.3) is 5.91 Å². The van der Waals surface area contributed by atoms with Gasteiger partial charge < -0.3 is 24.3 Å². The summed E-state index contributed by atoms with van der Waals surface area (Å²) in [5.74, 6) is 0.114. The lowest BCUT2D eigenvalue weighted by Gasteiger charge is -2.11. The molecule has 29 heavy (non-hydrogen) atoms. The number of hydrogen-bond donors (Lipinski definition) is 1. The summed E-state index contributed by atoms with van der Waals surface area (Å²) in [5.41, 5.74) is 0.582. The Balaban J connectivity index is 2.25. The van der Waals surface area contributed by atoms with Crippen molar-refractivity contribution in [3.05, 3.63) is 47.5 Å². The van der Waals surface area contributed by atoms with E-state index < -0.39 is 12.5 Å². The van der Waals surface area contributed by atoms with Crippen LogP contribution in [0, 0.1) is 11.3 Å². The highest BCUT2D eigenvalue weighted by Gasteiger charge is 2.14. The highest BCUT2D eigenvalue weighted by Crippen LogP contribution is 2.31. The molecule has 0 aliphatic rings. The number of anilines is 1. The van der Waals surface area contributed by atoms with Gasteiger partial charge in [0, 0.05) is 11.8 Å². The number of carbonyl (C=O) groups excluding carboxylic acids is 1. The largest absolute Gasteiger partial charge is 0.493 e. The van der Waals surface area contributed by atoms with E-state index >= 15 is 0 Å². The van der Waals surface area contributed by atoms with Crippen molar-refractivity contribution in [2.45, 2.75) is 6.61 Å². The van der Waals surface area contributed by atoms with Crippen LogP contribution in [0.3, 0.4) is 0 Å². The van der Waals surface area contributed by atoms with Gasteiger partial charge >= 0.3 is 6.61 Å². The predicted octanol–water partition coefficient (Wildman–Crippen LogP) is 3.86. The molecule has 2 rings (SSSR count). The molecule has 152 valence electrons. The smallest absolute Gasteiger partial charge is 0.387 e. The first-order valence-electron chi connectivity index (χ1n) is 8.19. The van der Waals surface area contributed by atoms with E-state index in [0.29, 0.717) is 22.7 Å². The average Bonchev–Trinajstić information content (AvgIpc) is 2.72. The third kappa shape index (κ3) is 5.59. The molecule has 0 saturated heterocycles. The number of nitriles is 1. The number of ether oxygens (including phenoxy) is 4. The van der Waals surface area contributed by atoms with E-state index in [2.05, 4.69) is 10.1 Å². The Morgan fingerprint density at radius 1 is 1.00 bits per heavy atom. The van der Waals surface area contributed by atoms with Crippen LogP contribution >= 0.6 is 0 Å². The second kappa shape index (κ2) is 9.94. The number of rotatable bonds is 8. The maximum absolute atomic E-state index is 12.4. The fourth-order valence-corrected chi connectivity index (χ4v) is 2.39. The summed E-state index contributed by atoms with van der Waals surface area (Å²) in [5, 5.41) is 11.9. The molecule has 0 radical (unpaired) electrons. The molecule has 0 bridgehead atoms. The summed E-state index contributed by atoms with van der Waals surface area (Å²) in [6.07, 6.45) is 1.30. The highest BCUT2D eigenvalue weighted by molar-refractivity contribution is 6.09. The van der Waals surface area contributed by atoms with Crippen LogP contribution in [0.4, 0.5) is 14.5 Å². The molecule has 0 aliphatic carbocycles. The Labute approximate surface area is 166 Å². The summed E-state index contributed by atoms with van der Waals surface area (Å²) in [6, 6.07) is 10.6. The molecule has 0 unspecified atom stereocenters. The quantitative estimate of drug-likeness (QED) is 0.531. The SMILES string of the molecule is COc1ccc(NC(=O)/C(C#N)=C\c2ccc(OC(F)F)c(OC)c2)cc1OC. The van der Waals surface area contributed by atoms with Crippen molar-refractivity contribution in [1.82, 2.24) is 0 Å². The molecule has 0 saturated carbocycles. The Bertz CT molecular complexity index is 954. The van der Waals surface area contributed by atoms with Crippen LogP contribution < -0.4 is 24.3 Å². The van der Waals surface area contributed by atoms with E-state index in [1.165, 1.54) is 45.6 Å². The zero-order chi connectivity index (χ0) is 21.4. The molecule has 0 fully saturated rings. The van der Waals surface area contributed by atoms with Crippen LogP contribution in [0.15, 0.2) is 42.0 Å². The first-order chi connectivity index (χ1) is 13.9. The van der Waals surface area contributed by atoms with Crippen LogP contribution in [0.2, 0.25) is 0 Å². The van der Waals surface area contributed by atoms with Crippen LogP contribution in [0.25, 0.3) is 6.08 Å². The van der Waals surface area contributed by atoms with Crippen molar-refractivity contribution in [3.63, 3.8) is 0 Å². The number of carbonyl (C=O) groups is 1. The summed E-state index contributed by atoms with van der Waals surface area (Å²) in [4.78, 5) is 12.4. The molecule has 1 amide bonds. The first kappa shape index (κ1) is 21.5. The van der Waals surface area contributed by atoms with Gasteiger partial charge in [-0.3, -0.25) is 4.79 Å². The van der Waals surface area contributed by atoms with E-state index in [4.69, 9.17) is 14.2 Å². The first-order valence-corrected chi connectivity index (χ1v) is 8.19. The van der Waals surface area contributed by atoms with Crippen molar-refractivity contribution in [1.29, 1.82) is 5.26 Å². The minimum absolute atomic E-state index is 0.0386. The van der Waals surface area contributed by atoms with Gasteiger partial charge in [0.1, 0.15) is 11.6 Å². The minimum atomic E-state index is -3.01. The van der Waals surface area contributed by atoms with Crippen molar-refractivity contribution in [2.75, 3.05) is 26.6 Å². The van der Waals surface area contributed by atoms with Gasteiger partial charge in [0.2, 0.25) is 0 Å². The van der Waals surface area contributed by atoms with Gasteiger partial charge in [-0.05, 0) is 35.9 Å². The Kier molecular flexibility index (Phi) is 7.37. The topological polar surface area (TPSA) is 89.8 Å². The standard InChI is InChI=1S/C20H18F2N2O5/c1-26-15-7-5-14(10-18(15)28-3)24-19(25)13(11-23)8-12-4-6-16(29-20(21)22)17(9-12)27-2/h4-10,20H,1-3H3,(H,24,25)/b13-8-. The lowest BCUT2D eigenvalue weighted by molar-refractivity contribution is -0.112. The Morgan fingerprint density at radius 3 is 2.21 bits per heavy atom. The number of halogens is 2. The van der Waals surface area contributed by atoms with Crippen LogP contribution in [-0.4, -0.2) is 33.8 Å². The van der Waals surface area contributed by atoms with E-state index in [-0.39, 0.29) is 17.1 Å². The van der Waals surface area contributed by atoms with Gasteiger partial charge in [-0.25, -0.2) is 0 Å². The van der Waals surface area contributed by atoms with Crippen molar-refractivity contribution in [2.24, 2.45) is 0 Å². The number of benzene rings is 2. The number of hydrogen-bond acceptors (Lipinski definition) is 6. The van der Waals surface area contributed by atoms with Crippen LogP contribution in [-0.2, 0) is 4.79 Å². The summed E-state index contributed by atoms with van der Waals surface area (Å²) in [6.45, 7) is -3.01. The number of amides is 1. The molecule has 0 atom stereocenters. The van der Waals surface area contributed by atoms with E-state index in [1.54, 1.807) is 18.2 Å². The molecule has 7 nitrogen and oxygen atoms in total. The van der Waals surface area contributed by atoms with Crippen LogP contribution in [0.1, 0.15) is 5.56 Å². The number of nitrogens with one attached hydrogen (secondary N) is 1. The predicted molar refractivity (Wildman–Crippen MR) is 101 cm³/mol. The van der Waals surface area contributed by atoms with E-state index in [9.17, 15) is 18.8 Å². The van der Waals surface area contributed by atoms with Gasteiger partial charge in [-0.15, -0.1) is 0 Å². The molecule has 0 aliphatic heterocycles. The molecular weight excluding hydrogens is 386 g/mol. The summed E-state index contributed by atoms with van der Waals surface area (Å²) >= 11 is 0. The lowest BCUT2D eigenvalue weighted by atomic mass is 10.1. The van der Waals surface area contributed by atoms with Crippen molar-refractivity contribution in [3.8, 4) is 29.1 Å². The molecule has 2 aromatic rings. The molecule has 0 aromatic heterocycles. The minimum Gasteiger partial charge on any atom is -0.493 e. The second-order valence-electron chi connectivity index (χ2n) is 5.48. The third-order valence-electron chi connectivity index (χ3n) is 3.72. The number of alkyl halides is 2. The van der Waals surface area contributed by atoms with Gasteiger partial charge in [-0.1, -0.05) is 6.07 Å². The lowest BCUT2D eigenvalue weighted by Crippen LogP contribution is -2.13. The van der Waals surface area contributed by atoms with Crippen molar-refractivity contribution < 1.29 is 32.5 Å². The van der Waals surface area contributed by atoms with E-state index in [1.807, 2.05) is 6.07 Å². The Hall–Kier alpha value is -3.80. The molecule has 9 heteroatoms. The maximum Gasteiger partial charge on any atom is 0.387 e. The van der Waals surface area contributed by atoms with Gasteiger partial charge in [0.05, 0.1) is 21.3 Å². The zero-order valence-electron chi connectivity index (χ0n) is 15.9. The van der Waals surface area contributed by atoms with Crippen molar-refractivity contribution >= 4 is 17.7 Å². The fraction of sp³-hybridized carbons (Fsp3) is 0.200. The zero-order valence-corrected chi connectivity index (χ0v) is 15.9. The average molecular weight is 404 g/mol. The maximum atomic E-state index is 12.4. The molecular formula is C20H18F2N2O5. The third-order valence-corrected chi connectivity index (χ3v) is 3.72. The number of methoxy groups -OCH3 is 3. The normalized spacial score (nSPS) is 10.9. The molecule has 2 aromatic carbocycles. The Morgan fingerprint density at radius 2 is 1.62 bits per heavy atom. The summed E-state index contributed by atoms with van der Waals surface area (Å²) in [7, 11) is 4.23. The molecule has 0 spiro atoms. The summed E-state index contributed by atoms with van der Waals surface area (Å²) < 4.78 is 44.5.